The number of rotatable bonds is 15. The molecule has 0 aliphatic carbocycles. The molecule has 5 nitrogen and oxygen atoms in total. The first-order valence-electron chi connectivity index (χ1n) is 10.1. The van der Waals surface area contributed by atoms with Gasteiger partial charge in [0.05, 0.1) is 40.2 Å². The van der Waals surface area contributed by atoms with Crippen LogP contribution in [0.3, 0.4) is 0 Å². The highest BCUT2D eigenvalue weighted by Gasteiger charge is 2.22. The van der Waals surface area contributed by atoms with Crippen LogP contribution in [0.1, 0.15) is 63.4 Å². The number of carbonyl (C=O) groups is 2. The van der Waals surface area contributed by atoms with Gasteiger partial charge in [-0.05, 0) is 41.7 Å². The quantitative estimate of drug-likeness (QED) is 0.346. The number of aliphatic carboxylic acids is 1. The summed E-state index contributed by atoms with van der Waals surface area (Å²) in [5.74, 6) is -0.891. The second-order valence-electron chi connectivity index (χ2n) is 8.44. The van der Waals surface area contributed by atoms with E-state index in [-0.39, 0.29) is 18.4 Å². The number of thiophene rings is 1. The summed E-state index contributed by atoms with van der Waals surface area (Å²) in [4.78, 5) is 23.1. The maximum atomic E-state index is 12.1. The Hall–Kier alpha value is -1.40. The molecule has 6 heteroatoms. The van der Waals surface area contributed by atoms with E-state index < -0.39 is 5.97 Å². The summed E-state index contributed by atoms with van der Waals surface area (Å²) in [6.45, 7) is 0.615. The zero-order chi connectivity index (χ0) is 20.1. The maximum absolute atomic E-state index is 12.1. The van der Waals surface area contributed by atoms with Crippen molar-refractivity contribution in [3.63, 3.8) is 0 Å². The Balaban J connectivity index is 2.05. The molecule has 1 aromatic heterocycles. The van der Waals surface area contributed by atoms with Gasteiger partial charge in [-0.25, -0.2) is 0 Å². The van der Waals surface area contributed by atoms with Gasteiger partial charge in [0.15, 0.2) is 0 Å². The lowest BCUT2D eigenvalue weighted by molar-refractivity contribution is -0.871. The van der Waals surface area contributed by atoms with E-state index in [0.29, 0.717) is 17.4 Å². The summed E-state index contributed by atoms with van der Waals surface area (Å²) in [6.07, 6.45) is 9.81. The molecule has 1 unspecified atom stereocenters. The molecule has 0 radical (unpaired) electrons. The van der Waals surface area contributed by atoms with E-state index in [2.05, 4.69) is 22.1 Å². The molecular formula is C21H37N2O3S+. The monoisotopic (exact) mass is 397 g/mol. The van der Waals surface area contributed by atoms with Crippen molar-refractivity contribution in [3.8, 4) is 0 Å². The Kier molecular flexibility index (Phi) is 11.3. The summed E-state index contributed by atoms with van der Waals surface area (Å²) in [6, 6.07) is 1.90. The number of carbonyl (C=O) groups excluding carboxylic acids is 1. The second kappa shape index (κ2) is 12.9. The van der Waals surface area contributed by atoms with E-state index >= 15 is 0 Å². The van der Waals surface area contributed by atoms with Crippen molar-refractivity contribution in [2.24, 2.45) is 0 Å². The van der Waals surface area contributed by atoms with Gasteiger partial charge in [-0.3, -0.25) is 9.59 Å². The number of carboxylic acids is 1. The molecule has 0 saturated heterocycles. The fourth-order valence-electron chi connectivity index (χ4n) is 3.27. The van der Waals surface area contributed by atoms with Crippen LogP contribution in [-0.4, -0.2) is 55.2 Å². The molecule has 0 fully saturated rings. The van der Waals surface area contributed by atoms with Gasteiger partial charge in [0, 0.05) is 6.42 Å². The first-order chi connectivity index (χ1) is 12.8. The van der Waals surface area contributed by atoms with E-state index in [9.17, 15) is 9.59 Å². The number of nitrogens with one attached hydrogen (secondary N) is 1. The fourth-order valence-corrected chi connectivity index (χ4v) is 3.97. The maximum Gasteiger partial charge on any atom is 0.305 e. The van der Waals surface area contributed by atoms with Crippen LogP contribution >= 0.6 is 11.3 Å². The predicted octanol–water partition coefficient (Wildman–Crippen LogP) is 4.08. The molecule has 0 aliphatic rings. The van der Waals surface area contributed by atoms with Crippen molar-refractivity contribution in [1.82, 2.24) is 5.32 Å². The predicted molar refractivity (Wildman–Crippen MR) is 112 cm³/mol. The lowest BCUT2D eigenvalue weighted by Crippen LogP contribution is -2.49. The Morgan fingerprint density at radius 3 is 2.26 bits per heavy atom. The highest BCUT2D eigenvalue weighted by atomic mass is 32.1. The van der Waals surface area contributed by atoms with E-state index in [4.69, 9.17) is 5.11 Å². The molecule has 0 bridgehead atoms. The molecule has 0 saturated carbocycles. The topological polar surface area (TPSA) is 66.4 Å². The number of hydrogen-bond acceptors (Lipinski definition) is 3. The van der Waals surface area contributed by atoms with Crippen LogP contribution in [0.4, 0.5) is 0 Å². The van der Waals surface area contributed by atoms with Crippen LogP contribution in [0, 0.1) is 0 Å². The first-order valence-corrected chi connectivity index (χ1v) is 11.0. The zero-order valence-electron chi connectivity index (χ0n) is 17.2. The van der Waals surface area contributed by atoms with Crippen molar-refractivity contribution in [2.45, 2.75) is 70.3 Å². The lowest BCUT2D eigenvalue weighted by atomic mass is 10.1. The number of unbranched alkanes of at least 4 members (excludes halogenated alkanes) is 6. The number of likely N-dealkylation sites (N-methyl/N-ethyl adjacent to an activating group) is 1. The van der Waals surface area contributed by atoms with Gasteiger partial charge < -0.3 is 14.9 Å². The van der Waals surface area contributed by atoms with Crippen molar-refractivity contribution in [3.05, 3.63) is 22.4 Å². The molecule has 2 N–H and O–H groups in total. The highest BCUT2D eigenvalue weighted by molar-refractivity contribution is 7.07. The van der Waals surface area contributed by atoms with E-state index in [1.54, 1.807) is 11.3 Å². The molecule has 0 spiro atoms. The molecular weight excluding hydrogens is 360 g/mol. The molecule has 1 rings (SSSR count). The molecule has 1 amide bonds. The summed E-state index contributed by atoms with van der Waals surface area (Å²) in [5, 5.41) is 16.3. The zero-order valence-corrected chi connectivity index (χ0v) is 18.0. The van der Waals surface area contributed by atoms with Crippen LogP contribution in [0.2, 0.25) is 0 Å². The third-order valence-electron chi connectivity index (χ3n) is 4.50. The number of hydrogen-bond donors (Lipinski definition) is 2. The SMILES string of the molecule is C[N+](C)(C)CC(CC(=O)O)NC(=O)CCCCCCCCCc1ccsc1. The molecule has 1 atom stereocenters. The summed E-state index contributed by atoms with van der Waals surface area (Å²) in [5.41, 5.74) is 1.46. The Labute approximate surface area is 168 Å². The van der Waals surface area contributed by atoms with Crippen molar-refractivity contribution < 1.29 is 19.2 Å². The summed E-state index contributed by atoms with van der Waals surface area (Å²) in [7, 11) is 6.00. The third-order valence-corrected chi connectivity index (χ3v) is 5.24. The Morgan fingerprint density at radius 1 is 1.07 bits per heavy atom. The highest BCUT2D eigenvalue weighted by Crippen LogP contribution is 2.13. The van der Waals surface area contributed by atoms with E-state index in [1.165, 1.54) is 44.1 Å². The van der Waals surface area contributed by atoms with Crippen LogP contribution in [0.15, 0.2) is 16.8 Å². The standard InChI is InChI=1S/C21H36N2O3S/c1-23(2,3)16-19(15-21(25)26)22-20(24)12-10-8-6-4-5-7-9-11-18-13-14-27-17-18/h13-14,17,19H,4-12,15-16H2,1-3H3,(H-,22,24,25,26)/p+1. The Morgan fingerprint density at radius 2 is 1.70 bits per heavy atom. The van der Waals surface area contributed by atoms with E-state index in [1.807, 2.05) is 21.1 Å². The van der Waals surface area contributed by atoms with Crippen LogP contribution < -0.4 is 5.32 Å². The van der Waals surface area contributed by atoms with Gasteiger partial charge in [-0.1, -0.05) is 32.1 Å². The van der Waals surface area contributed by atoms with Crippen LogP contribution in [0.25, 0.3) is 0 Å². The van der Waals surface area contributed by atoms with Gasteiger partial charge in [0.2, 0.25) is 5.91 Å². The smallest absolute Gasteiger partial charge is 0.305 e. The van der Waals surface area contributed by atoms with Crippen molar-refractivity contribution >= 4 is 23.2 Å². The third kappa shape index (κ3) is 13.4. The molecule has 0 aromatic carbocycles. The van der Waals surface area contributed by atoms with Crippen LogP contribution in [-0.2, 0) is 16.0 Å². The number of quaternary nitrogens is 1. The largest absolute Gasteiger partial charge is 0.481 e. The normalized spacial score (nSPS) is 12.7. The van der Waals surface area contributed by atoms with Crippen molar-refractivity contribution in [1.29, 1.82) is 0 Å². The average Bonchev–Trinajstić information content (AvgIpc) is 3.04. The van der Waals surface area contributed by atoms with Crippen LogP contribution in [0.5, 0.6) is 0 Å². The first kappa shape index (κ1) is 23.6. The van der Waals surface area contributed by atoms with Gasteiger partial charge in [-0.2, -0.15) is 11.3 Å². The summed E-state index contributed by atoms with van der Waals surface area (Å²) >= 11 is 1.77. The summed E-state index contributed by atoms with van der Waals surface area (Å²) < 4.78 is 0.630. The molecule has 27 heavy (non-hydrogen) atoms. The van der Waals surface area contributed by atoms with Crippen molar-refractivity contribution in [2.75, 3.05) is 27.7 Å². The minimum Gasteiger partial charge on any atom is -0.481 e. The number of aryl methyl sites for hydroxylation is 1. The van der Waals surface area contributed by atoms with Gasteiger partial charge in [-0.15, -0.1) is 0 Å². The number of nitrogens with zero attached hydrogens (tertiary/aromatic N) is 1. The molecule has 154 valence electrons. The molecule has 0 aliphatic heterocycles. The van der Waals surface area contributed by atoms with Gasteiger partial charge in [0.1, 0.15) is 0 Å². The molecule has 1 aromatic rings. The number of amides is 1. The molecule has 1 heterocycles. The average molecular weight is 398 g/mol. The van der Waals surface area contributed by atoms with Gasteiger partial charge in [0.25, 0.3) is 0 Å². The minimum absolute atomic E-state index is 0.0212. The fraction of sp³-hybridized carbons (Fsp3) is 0.714. The Bertz CT molecular complexity index is 538. The lowest BCUT2D eigenvalue weighted by Gasteiger charge is -2.29. The second-order valence-corrected chi connectivity index (χ2v) is 9.22. The van der Waals surface area contributed by atoms with Gasteiger partial charge >= 0.3 is 5.97 Å². The number of carboxylic acid groups (broad SMARTS) is 1. The van der Waals surface area contributed by atoms with E-state index in [0.717, 1.165) is 12.8 Å². The minimum atomic E-state index is -0.868.